The first kappa shape index (κ1) is 16.0. The first-order valence-electron chi connectivity index (χ1n) is 7.83. The van der Waals surface area contributed by atoms with Crippen molar-refractivity contribution in [1.82, 2.24) is 10.2 Å². The maximum atomic E-state index is 3.82. The zero-order valence-corrected chi connectivity index (χ0v) is 13.4. The van der Waals surface area contributed by atoms with E-state index in [9.17, 15) is 0 Å². The molecular formula is C16H34N2. The van der Waals surface area contributed by atoms with Gasteiger partial charge in [-0.15, -0.1) is 0 Å². The van der Waals surface area contributed by atoms with Crippen LogP contribution in [0.2, 0.25) is 0 Å². The molecule has 0 bridgehead atoms. The molecule has 0 radical (unpaired) electrons. The molecule has 0 aromatic rings. The van der Waals surface area contributed by atoms with Gasteiger partial charge in [-0.05, 0) is 64.1 Å². The van der Waals surface area contributed by atoms with Gasteiger partial charge in [-0.3, -0.25) is 0 Å². The lowest BCUT2D eigenvalue weighted by molar-refractivity contribution is 0.148. The molecule has 108 valence electrons. The predicted octanol–water partition coefficient (Wildman–Crippen LogP) is 3.52. The summed E-state index contributed by atoms with van der Waals surface area (Å²) in [7, 11) is 0. The highest BCUT2D eigenvalue weighted by Gasteiger charge is 2.27. The first-order chi connectivity index (χ1) is 8.34. The molecule has 1 rings (SSSR count). The molecule has 2 nitrogen and oxygen atoms in total. The zero-order chi connectivity index (χ0) is 13.8. The summed E-state index contributed by atoms with van der Waals surface area (Å²) in [6, 6.07) is 1.24. The lowest BCUT2D eigenvalue weighted by Crippen LogP contribution is -2.48. The Hall–Kier alpha value is -0.0800. The van der Waals surface area contributed by atoms with Crippen LogP contribution in [0, 0.1) is 11.3 Å². The van der Waals surface area contributed by atoms with Gasteiger partial charge in [0.15, 0.2) is 0 Å². The van der Waals surface area contributed by atoms with E-state index in [1.165, 1.54) is 38.9 Å². The third kappa shape index (κ3) is 4.89. The van der Waals surface area contributed by atoms with Gasteiger partial charge in [0.2, 0.25) is 0 Å². The van der Waals surface area contributed by atoms with Crippen molar-refractivity contribution >= 4 is 0 Å². The Labute approximate surface area is 115 Å². The Balaban J connectivity index is 2.34. The van der Waals surface area contributed by atoms with Gasteiger partial charge in [-0.25, -0.2) is 0 Å². The lowest BCUT2D eigenvalue weighted by Gasteiger charge is -2.38. The minimum atomic E-state index is 0.358. The minimum absolute atomic E-state index is 0.358. The molecule has 1 aliphatic rings. The van der Waals surface area contributed by atoms with Gasteiger partial charge in [0.25, 0.3) is 0 Å². The van der Waals surface area contributed by atoms with Crippen LogP contribution < -0.4 is 5.32 Å². The standard InChI is InChI=1S/C16H34N2/c1-7-10-18-11-8-15(9-12-18)13(2)17-14(3)16(4,5)6/h13-15,17H,7-12H2,1-6H3. The summed E-state index contributed by atoms with van der Waals surface area (Å²) >= 11 is 0. The molecule has 2 heteroatoms. The summed E-state index contributed by atoms with van der Waals surface area (Å²) in [5, 5.41) is 3.82. The highest BCUT2D eigenvalue weighted by Crippen LogP contribution is 2.24. The van der Waals surface area contributed by atoms with Gasteiger partial charge in [-0.1, -0.05) is 27.7 Å². The van der Waals surface area contributed by atoms with Crippen LogP contribution in [0.4, 0.5) is 0 Å². The van der Waals surface area contributed by atoms with Gasteiger partial charge >= 0.3 is 0 Å². The molecular weight excluding hydrogens is 220 g/mol. The van der Waals surface area contributed by atoms with Crippen LogP contribution in [0.25, 0.3) is 0 Å². The second-order valence-corrected chi connectivity index (χ2v) is 7.22. The van der Waals surface area contributed by atoms with Crippen LogP contribution in [0.1, 0.15) is 60.8 Å². The number of nitrogens with one attached hydrogen (secondary N) is 1. The Bertz CT molecular complexity index is 224. The molecule has 1 fully saturated rings. The van der Waals surface area contributed by atoms with Crippen LogP contribution in [-0.4, -0.2) is 36.6 Å². The highest BCUT2D eigenvalue weighted by molar-refractivity contribution is 4.84. The summed E-state index contributed by atoms with van der Waals surface area (Å²) < 4.78 is 0. The number of hydrogen-bond acceptors (Lipinski definition) is 2. The summed E-state index contributed by atoms with van der Waals surface area (Å²) in [5.41, 5.74) is 0.358. The van der Waals surface area contributed by atoms with Crippen LogP contribution in [0.3, 0.4) is 0 Å². The zero-order valence-electron chi connectivity index (χ0n) is 13.4. The maximum absolute atomic E-state index is 3.82. The maximum Gasteiger partial charge on any atom is 0.00898 e. The van der Waals surface area contributed by atoms with E-state index >= 15 is 0 Å². The van der Waals surface area contributed by atoms with Crippen molar-refractivity contribution < 1.29 is 0 Å². The number of nitrogens with zero attached hydrogens (tertiary/aromatic N) is 1. The normalized spacial score (nSPS) is 23.0. The van der Waals surface area contributed by atoms with Crippen molar-refractivity contribution in [2.45, 2.75) is 72.9 Å². The van der Waals surface area contributed by atoms with E-state index in [4.69, 9.17) is 0 Å². The Kier molecular flexibility index (Phi) is 6.13. The van der Waals surface area contributed by atoms with E-state index in [1.807, 2.05) is 0 Å². The quantitative estimate of drug-likeness (QED) is 0.807. The number of piperidine rings is 1. The molecule has 0 aliphatic carbocycles. The minimum Gasteiger partial charge on any atom is -0.311 e. The van der Waals surface area contributed by atoms with Crippen molar-refractivity contribution in [2.24, 2.45) is 11.3 Å². The summed E-state index contributed by atoms with van der Waals surface area (Å²) in [5.74, 6) is 0.864. The summed E-state index contributed by atoms with van der Waals surface area (Å²) in [4.78, 5) is 2.62. The SMILES string of the molecule is CCCN1CCC(C(C)NC(C)C(C)(C)C)CC1. The smallest absolute Gasteiger partial charge is 0.00898 e. The third-order valence-corrected chi connectivity index (χ3v) is 4.69. The fraction of sp³-hybridized carbons (Fsp3) is 1.00. The van der Waals surface area contributed by atoms with E-state index in [0.29, 0.717) is 17.5 Å². The van der Waals surface area contributed by atoms with Crippen LogP contribution in [0.5, 0.6) is 0 Å². The Morgan fingerprint density at radius 3 is 2.17 bits per heavy atom. The van der Waals surface area contributed by atoms with Gasteiger partial charge in [0.05, 0.1) is 0 Å². The Morgan fingerprint density at radius 2 is 1.72 bits per heavy atom. The number of rotatable bonds is 5. The molecule has 1 saturated heterocycles. The van der Waals surface area contributed by atoms with Crippen molar-refractivity contribution in [3.05, 3.63) is 0 Å². The van der Waals surface area contributed by atoms with Gasteiger partial charge in [-0.2, -0.15) is 0 Å². The molecule has 1 aliphatic heterocycles. The third-order valence-electron chi connectivity index (χ3n) is 4.69. The average Bonchev–Trinajstić information content (AvgIpc) is 2.29. The number of likely N-dealkylation sites (tertiary alicyclic amines) is 1. The lowest BCUT2D eigenvalue weighted by atomic mass is 9.85. The average molecular weight is 254 g/mol. The molecule has 0 aromatic carbocycles. The highest BCUT2D eigenvalue weighted by atomic mass is 15.1. The van der Waals surface area contributed by atoms with E-state index in [-0.39, 0.29) is 0 Å². The predicted molar refractivity (Wildman–Crippen MR) is 81.0 cm³/mol. The number of hydrogen-bond donors (Lipinski definition) is 1. The Morgan fingerprint density at radius 1 is 1.17 bits per heavy atom. The second-order valence-electron chi connectivity index (χ2n) is 7.22. The summed E-state index contributed by atoms with van der Waals surface area (Å²) in [6.45, 7) is 17.8. The van der Waals surface area contributed by atoms with Crippen molar-refractivity contribution in [3.8, 4) is 0 Å². The molecule has 2 atom stereocenters. The largest absolute Gasteiger partial charge is 0.311 e. The summed E-state index contributed by atoms with van der Waals surface area (Å²) in [6.07, 6.45) is 4.02. The van der Waals surface area contributed by atoms with Crippen LogP contribution >= 0.6 is 0 Å². The van der Waals surface area contributed by atoms with Crippen LogP contribution in [-0.2, 0) is 0 Å². The molecule has 0 saturated carbocycles. The monoisotopic (exact) mass is 254 g/mol. The molecule has 0 aromatic heterocycles. The van der Waals surface area contributed by atoms with Crippen LogP contribution in [0.15, 0.2) is 0 Å². The topological polar surface area (TPSA) is 15.3 Å². The van der Waals surface area contributed by atoms with E-state index in [2.05, 4.69) is 51.8 Å². The van der Waals surface area contributed by atoms with Gasteiger partial charge < -0.3 is 10.2 Å². The van der Waals surface area contributed by atoms with E-state index in [1.54, 1.807) is 0 Å². The molecule has 1 heterocycles. The van der Waals surface area contributed by atoms with Gasteiger partial charge in [0.1, 0.15) is 0 Å². The van der Waals surface area contributed by atoms with Crippen molar-refractivity contribution in [3.63, 3.8) is 0 Å². The molecule has 2 unspecified atom stereocenters. The van der Waals surface area contributed by atoms with E-state index < -0.39 is 0 Å². The fourth-order valence-corrected chi connectivity index (χ4v) is 2.77. The van der Waals surface area contributed by atoms with Gasteiger partial charge in [0, 0.05) is 12.1 Å². The second kappa shape index (κ2) is 6.91. The molecule has 0 amide bonds. The van der Waals surface area contributed by atoms with Crippen molar-refractivity contribution in [2.75, 3.05) is 19.6 Å². The first-order valence-corrected chi connectivity index (χ1v) is 7.83. The molecule has 18 heavy (non-hydrogen) atoms. The molecule has 1 N–H and O–H groups in total. The van der Waals surface area contributed by atoms with E-state index in [0.717, 1.165) is 5.92 Å². The fourth-order valence-electron chi connectivity index (χ4n) is 2.77. The molecule has 0 spiro atoms. The van der Waals surface area contributed by atoms with Crippen molar-refractivity contribution in [1.29, 1.82) is 0 Å².